The Bertz CT molecular complexity index is 644. The summed E-state index contributed by atoms with van der Waals surface area (Å²) in [5, 5.41) is 0. The van der Waals surface area contributed by atoms with Crippen LogP contribution in [0.4, 0.5) is 0 Å². The molecule has 0 amide bonds. The molecule has 3 rings (SSSR count). The van der Waals surface area contributed by atoms with Gasteiger partial charge >= 0.3 is 5.97 Å². The Balaban J connectivity index is 1.81. The number of rotatable bonds is 6. The summed E-state index contributed by atoms with van der Waals surface area (Å²) in [5.74, 6) is -0.0627. The molecule has 26 heavy (non-hydrogen) atoms. The van der Waals surface area contributed by atoms with Gasteiger partial charge in [-0.3, -0.25) is 4.79 Å². The largest absolute Gasteiger partial charge is 0.461 e. The van der Waals surface area contributed by atoms with Crippen molar-refractivity contribution in [3.8, 4) is 0 Å². The summed E-state index contributed by atoms with van der Waals surface area (Å²) in [4.78, 5) is 15.4. The van der Waals surface area contributed by atoms with Gasteiger partial charge in [-0.15, -0.1) is 0 Å². The van der Waals surface area contributed by atoms with Gasteiger partial charge in [0, 0.05) is 12.5 Å². The van der Waals surface area contributed by atoms with E-state index in [0.717, 1.165) is 36.9 Å². The third-order valence-electron chi connectivity index (χ3n) is 5.21. The number of ether oxygens (including phenoxy) is 1. The van der Waals surface area contributed by atoms with E-state index in [-0.39, 0.29) is 18.0 Å². The van der Waals surface area contributed by atoms with Crippen molar-refractivity contribution in [1.82, 2.24) is 4.90 Å². The van der Waals surface area contributed by atoms with Crippen LogP contribution in [0.2, 0.25) is 0 Å². The van der Waals surface area contributed by atoms with Gasteiger partial charge in [0.15, 0.2) is 0 Å². The first-order chi connectivity index (χ1) is 12.6. The van der Waals surface area contributed by atoms with Gasteiger partial charge in [-0.05, 0) is 44.5 Å². The molecule has 0 aromatic heterocycles. The van der Waals surface area contributed by atoms with E-state index in [9.17, 15) is 4.79 Å². The molecule has 2 atom stereocenters. The van der Waals surface area contributed by atoms with Crippen LogP contribution in [-0.4, -0.2) is 37.6 Å². The van der Waals surface area contributed by atoms with Crippen LogP contribution in [0.1, 0.15) is 42.7 Å². The molecule has 0 aliphatic heterocycles. The molecule has 2 aromatic carbocycles. The maximum atomic E-state index is 13.2. The fourth-order valence-corrected chi connectivity index (χ4v) is 3.98. The molecule has 1 fully saturated rings. The maximum absolute atomic E-state index is 13.2. The first kappa shape index (κ1) is 18.7. The van der Waals surface area contributed by atoms with Gasteiger partial charge in [0.05, 0.1) is 0 Å². The van der Waals surface area contributed by atoms with Gasteiger partial charge in [-0.2, -0.15) is 0 Å². The van der Waals surface area contributed by atoms with Crippen LogP contribution in [0.25, 0.3) is 0 Å². The van der Waals surface area contributed by atoms with E-state index in [1.807, 2.05) is 60.7 Å². The minimum absolute atomic E-state index is 0.0218. The topological polar surface area (TPSA) is 29.5 Å². The van der Waals surface area contributed by atoms with Gasteiger partial charge in [-0.1, -0.05) is 67.1 Å². The van der Waals surface area contributed by atoms with Crippen LogP contribution >= 0.6 is 0 Å². The highest BCUT2D eigenvalue weighted by Gasteiger charge is 2.32. The Morgan fingerprint density at radius 2 is 1.50 bits per heavy atom. The molecular formula is C23H29NO2. The SMILES string of the molecule is CN(C)CC1CCCCC1OC(=O)C(c1ccccc1)c1ccccc1. The molecule has 1 aliphatic rings. The number of carbonyl (C=O) groups excluding carboxylic acids is 1. The molecule has 3 heteroatoms. The molecule has 138 valence electrons. The molecule has 0 radical (unpaired) electrons. The maximum Gasteiger partial charge on any atom is 0.318 e. The van der Waals surface area contributed by atoms with Crippen molar-refractivity contribution in [1.29, 1.82) is 0 Å². The van der Waals surface area contributed by atoms with E-state index < -0.39 is 0 Å². The van der Waals surface area contributed by atoms with Crippen molar-refractivity contribution in [2.24, 2.45) is 5.92 Å². The Kier molecular flexibility index (Phi) is 6.45. The second-order valence-electron chi connectivity index (χ2n) is 7.54. The minimum atomic E-state index is -0.362. The predicted molar refractivity (Wildman–Crippen MR) is 105 cm³/mol. The lowest BCUT2D eigenvalue weighted by atomic mass is 9.85. The standard InChI is InChI=1S/C23H29NO2/c1-24(2)17-20-15-9-10-16-21(20)26-23(25)22(18-11-5-3-6-12-18)19-13-7-4-8-14-19/h3-8,11-14,20-22H,9-10,15-17H2,1-2H3. The van der Waals surface area contributed by atoms with E-state index in [1.165, 1.54) is 6.42 Å². The van der Waals surface area contributed by atoms with Gasteiger partial charge < -0.3 is 9.64 Å². The molecule has 1 saturated carbocycles. The van der Waals surface area contributed by atoms with Gasteiger partial charge in [-0.25, -0.2) is 0 Å². The van der Waals surface area contributed by atoms with Crippen LogP contribution in [0.15, 0.2) is 60.7 Å². The number of hydrogen-bond acceptors (Lipinski definition) is 3. The monoisotopic (exact) mass is 351 g/mol. The van der Waals surface area contributed by atoms with Crippen molar-refractivity contribution in [3.05, 3.63) is 71.8 Å². The molecule has 0 heterocycles. The Morgan fingerprint density at radius 3 is 2.04 bits per heavy atom. The number of nitrogens with zero attached hydrogens (tertiary/aromatic N) is 1. The third kappa shape index (κ3) is 4.73. The smallest absolute Gasteiger partial charge is 0.318 e. The van der Waals surface area contributed by atoms with E-state index in [2.05, 4.69) is 19.0 Å². The van der Waals surface area contributed by atoms with Crippen molar-refractivity contribution in [2.45, 2.75) is 37.7 Å². The number of carbonyl (C=O) groups is 1. The Hall–Kier alpha value is -2.13. The van der Waals surface area contributed by atoms with Crippen molar-refractivity contribution in [3.63, 3.8) is 0 Å². The number of esters is 1. The van der Waals surface area contributed by atoms with E-state index in [4.69, 9.17) is 4.74 Å². The summed E-state index contributed by atoms with van der Waals surface area (Å²) in [7, 11) is 4.18. The first-order valence-electron chi connectivity index (χ1n) is 9.60. The lowest BCUT2D eigenvalue weighted by Gasteiger charge is -2.34. The Labute approximate surface area is 157 Å². The summed E-state index contributed by atoms with van der Waals surface area (Å²) in [5.41, 5.74) is 1.98. The van der Waals surface area contributed by atoms with Gasteiger partial charge in [0.25, 0.3) is 0 Å². The zero-order chi connectivity index (χ0) is 18.4. The lowest BCUT2D eigenvalue weighted by Crippen LogP contribution is -2.37. The zero-order valence-corrected chi connectivity index (χ0v) is 15.8. The van der Waals surface area contributed by atoms with Crippen LogP contribution in [0.5, 0.6) is 0 Å². The highest BCUT2D eigenvalue weighted by molar-refractivity contribution is 5.82. The molecule has 2 aromatic rings. The van der Waals surface area contributed by atoms with Crippen molar-refractivity contribution < 1.29 is 9.53 Å². The summed E-state index contributed by atoms with van der Waals surface area (Å²) in [6.45, 7) is 0.972. The average Bonchev–Trinajstić information content (AvgIpc) is 2.65. The van der Waals surface area contributed by atoms with Crippen LogP contribution in [0.3, 0.4) is 0 Å². The highest BCUT2D eigenvalue weighted by atomic mass is 16.5. The third-order valence-corrected chi connectivity index (χ3v) is 5.21. The minimum Gasteiger partial charge on any atom is -0.461 e. The molecule has 3 nitrogen and oxygen atoms in total. The van der Waals surface area contributed by atoms with Crippen molar-refractivity contribution >= 4 is 5.97 Å². The summed E-state index contributed by atoms with van der Waals surface area (Å²) in [6, 6.07) is 19.9. The van der Waals surface area contributed by atoms with E-state index in [0.29, 0.717) is 5.92 Å². The molecule has 0 spiro atoms. The summed E-state index contributed by atoms with van der Waals surface area (Å²) < 4.78 is 6.11. The van der Waals surface area contributed by atoms with Gasteiger partial charge in [0.2, 0.25) is 0 Å². The fraction of sp³-hybridized carbons (Fsp3) is 0.435. The number of benzene rings is 2. The molecule has 2 unspecified atom stereocenters. The number of hydrogen-bond donors (Lipinski definition) is 0. The second-order valence-corrected chi connectivity index (χ2v) is 7.54. The highest BCUT2D eigenvalue weighted by Crippen LogP contribution is 2.31. The second kappa shape index (κ2) is 9.00. The van der Waals surface area contributed by atoms with Crippen LogP contribution in [-0.2, 0) is 9.53 Å². The Morgan fingerprint density at radius 1 is 0.962 bits per heavy atom. The first-order valence-corrected chi connectivity index (χ1v) is 9.60. The van der Waals surface area contributed by atoms with Crippen LogP contribution in [0, 0.1) is 5.92 Å². The average molecular weight is 351 g/mol. The fourth-order valence-electron chi connectivity index (χ4n) is 3.98. The lowest BCUT2D eigenvalue weighted by molar-refractivity contribution is -0.154. The van der Waals surface area contributed by atoms with Crippen LogP contribution < -0.4 is 0 Å². The van der Waals surface area contributed by atoms with Gasteiger partial charge in [0.1, 0.15) is 12.0 Å². The molecule has 1 aliphatic carbocycles. The van der Waals surface area contributed by atoms with E-state index >= 15 is 0 Å². The van der Waals surface area contributed by atoms with E-state index in [1.54, 1.807) is 0 Å². The molecule has 0 N–H and O–H groups in total. The summed E-state index contributed by atoms with van der Waals surface area (Å²) >= 11 is 0. The molecular weight excluding hydrogens is 322 g/mol. The summed E-state index contributed by atoms with van der Waals surface area (Å²) in [6.07, 6.45) is 4.50. The quantitative estimate of drug-likeness (QED) is 0.719. The predicted octanol–water partition coefficient (Wildman–Crippen LogP) is 4.48. The molecule has 0 saturated heterocycles. The normalized spacial score (nSPS) is 20.3. The zero-order valence-electron chi connectivity index (χ0n) is 15.8. The van der Waals surface area contributed by atoms with Crippen molar-refractivity contribution in [2.75, 3.05) is 20.6 Å². The molecule has 0 bridgehead atoms.